The molecule has 0 amide bonds. The largest absolute Gasteiger partial charge is 0.301 e. The van der Waals surface area contributed by atoms with Crippen molar-refractivity contribution in [3.05, 3.63) is 22.6 Å². The third-order valence-electron chi connectivity index (χ3n) is 1.98. The van der Waals surface area contributed by atoms with Crippen LogP contribution in [0.15, 0.2) is 22.2 Å². The predicted octanol–water partition coefficient (Wildman–Crippen LogP) is 1.14. The molecule has 1 heterocycles. The van der Waals surface area contributed by atoms with Crippen LogP contribution in [-0.2, 0) is 0 Å². The van der Waals surface area contributed by atoms with E-state index in [1.54, 1.807) is 0 Å². The second-order valence-electron chi connectivity index (χ2n) is 3.88. The second kappa shape index (κ2) is 7.09. The van der Waals surface area contributed by atoms with Crippen LogP contribution in [0.5, 0.6) is 0 Å². The van der Waals surface area contributed by atoms with E-state index in [0.29, 0.717) is 11.2 Å². The Balaban J connectivity index is 2.37. The van der Waals surface area contributed by atoms with Crippen molar-refractivity contribution in [2.45, 2.75) is 37.5 Å². The summed E-state index contributed by atoms with van der Waals surface area (Å²) >= 11 is 1.45. The molecule has 0 saturated heterocycles. The van der Waals surface area contributed by atoms with E-state index in [1.165, 1.54) is 24.0 Å². The third kappa shape index (κ3) is 5.52. The summed E-state index contributed by atoms with van der Waals surface area (Å²) < 4.78 is 0. The highest BCUT2D eigenvalue weighted by Gasteiger charge is 2.08. The van der Waals surface area contributed by atoms with Crippen LogP contribution in [-0.4, -0.2) is 27.8 Å². The van der Waals surface area contributed by atoms with Gasteiger partial charge in [0.15, 0.2) is 5.16 Å². The highest BCUT2D eigenvalue weighted by atomic mass is 32.2. The average Bonchev–Trinajstić information content (AvgIpc) is 2.27. The Morgan fingerprint density at radius 3 is 3.00 bits per heavy atom. The molecule has 1 rings (SSSR count). The summed E-state index contributed by atoms with van der Waals surface area (Å²) in [7, 11) is 0. The quantitative estimate of drug-likeness (QED) is 0.586. The van der Waals surface area contributed by atoms with Gasteiger partial charge in [-0.25, -0.2) is 4.98 Å². The maximum absolute atomic E-state index is 11.0. The zero-order valence-corrected chi connectivity index (χ0v) is 10.8. The number of thioether (sulfide) groups is 1. The number of hydrogen-bond donors (Lipinski definition) is 2. The molecule has 5 nitrogen and oxygen atoms in total. The first kappa shape index (κ1) is 13.7. The Bertz CT molecular complexity index is 438. The number of hydrogen-bond acceptors (Lipinski definition) is 5. The molecule has 92 valence electrons. The van der Waals surface area contributed by atoms with Crippen molar-refractivity contribution in [2.75, 3.05) is 5.75 Å². The Morgan fingerprint density at radius 2 is 2.41 bits per heavy atom. The number of aromatic nitrogens is 2. The minimum absolute atomic E-state index is 0.153. The fourth-order valence-corrected chi connectivity index (χ4v) is 2.14. The van der Waals surface area contributed by atoms with E-state index in [0.717, 1.165) is 12.2 Å². The van der Waals surface area contributed by atoms with Crippen LogP contribution in [0.1, 0.15) is 20.3 Å². The Hall–Kier alpha value is -1.32. The third-order valence-corrected chi connectivity index (χ3v) is 2.90. The smallest absolute Gasteiger partial charge is 0.251 e. The van der Waals surface area contributed by atoms with Crippen molar-refractivity contribution in [3.63, 3.8) is 0 Å². The molecule has 1 atom stereocenters. The van der Waals surface area contributed by atoms with E-state index in [-0.39, 0.29) is 11.6 Å². The minimum atomic E-state index is -0.155. The van der Waals surface area contributed by atoms with Gasteiger partial charge in [0, 0.05) is 24.1 Å². The zero-order chi connectivity index (χ0) is 12.7. The Morgan fingerprint density at radius 1 is 1.65 bits per heavy atom. The highest BCUT2D eigenvalue weighted by molar-refractivity contribution is 7.99. The fraction of sp³-hybridized carbons (Fsp3) is 0.545. The molecule has 0 radical (unpaired) electrons. The van der Waals surface area contributed by atoms with Crippen LogP contribution in [0, 0.1) is 11.3 Å². The standard InChI is InChI=1S/C11H16N4OS/c1-8(2)14-9(7-12)4-6-17-11-13-5-3-10(16)15-11/h3,5,8-9,14H,4,6H2,1-2H3,(H,13,15,16). The zero-order valence-electron chi connectivity index (χ0n) is 9.93. The van der Waals surface area contributed by atoms with E-state index in [1.807, 2.05) is 13.8 Å². The maximum Gasteiger partial charge on any atom is 0.251 e. The van der Waals surface area contributed by atoms with Gasteiger partial charge in [-0.2, -0.15) is 5.26 Å². The van der Waals surface area contributed by atoms with Crippen molar-refractivity contribution in [1.29, 1.82) is 5.26 Å². The van der Waals surface area contributed by atoms with E-state index in [4.69, 9.17) is 5.26 Å². The predicted molar refractivity (Wildman–Crippen MR) is 67.9 cm³/mol. The van der Waals surface area contributed by atoms with Gasteiger partial charge in [-0.15, -0.1) is 0 Å². The molecule has 17 heavy (non-hydrogen) atoms. The van der Waals surface area contributed by atoms with Crippen molar-refractivity contribution in [1.82, 2.24) is 15.3 Å². The number of rotatable bonds is 6. The molecule has 0 saturated carbocycles. The molecular weight excluding hydrogens is 236 g/mol. The topological polar surface area (TPSA) is 81.6 Å². The monoisotopic (exact) mass is 252 g/mol. The Kier molecular flexibility index (Phi) is 5.73. The van der Waals surface area contributed by atoms with Crippen molar-refractivity contribution in [3.8, 4) is 6.07 Å². The van der Waals surface area contributed by atoms with Gasteiger partial charge in [0.25, 0.3) is 5.56 Å². The average molecular weight is 252 g/mol. The lowest BCUT2D eigenvalue weighted by Crippen LogP contribution is -2.33. The Labute approximate surface area is 105 Å². The summed E-state index contributed by atoms with van der Waals surface area (Å²) in [6.45, 7) is 4.02. The van der Waals surface area contributed by atoms with E-state index >= 15 is 0 Å². The first-order valence-corrected chi connectivity index (χ1v) is 6.44. The first-order chi connectivity index (χ1) is 8.11. The molecule has 1 aromatic rings. The van der Waals surface area contributed by atoms with Crippen LogP contribution in [0.4, 0.5) is 0 Å². The van der Waals surface area contributed by atoms with Crippen molar-refractivity contribution < 1.29 is 0 Å². The molecule has 0 aliphatic rings. The molecule has 2 N–H and O–H groups in total. The molecule has 0 aliphatic heterocycles. The van der Waals surface area contributed by atoms with Gasteiger partial charge in [0.2, 0.25) is 0 Å². The normalized spacial score (nSPS) is 12.4. The van der Waals surface area contributed by atoms with Gasteiger partial charge >= 0.3 is 0 Å². The van der Waals surface area contributed by atoms with Crippen molar-refractivity contribution in [2.24, 2.45) is 0 Å². The number of nitrogens with one attached hydrogen (secondary N) is 2. The first-order valence-electron chi connectivity index (χ1n) is 5.45. The number of nitrogens with zero attached hydrogens (tertiary/aromatic N) is 2. The molecular formula is C11H16N4OS. The lowest BCUT2D eigenvalue weighted by molar-refractivity contribution is 0.522. The molecule has 0 fully saturated rings. The summed E-state index contributed by atoms with van der Waals surface area (Å²) in [5, 5.41) is 12.7. The molecule has 0 bridgehead atoms. The van der Waals surface area contributed by atoms with Crippen LogP contribution >= 0.6 is 11.8 Å². The summed E-state index contributed by atoms with van der Waals surface area (Å²) in [5.74, 6) is 0.741. The lowest BCUT2D eigenvalue weighted by Gasteiger charge is -2.13. The van der Waals surface area contributed by atoms with Gasteiger partial charge in [-0.1, -0.05) is 11.8 Å². The minimum Gasteiger partial charge on any atom is -0.301 e. The summed E-state index contributed by atoms with van der Waals surface area (Å²) in [6.07, 6.45) is 2.20. The molecule has 0 aromatic carbocycles. The van der Waals surface area contributed by atoms with Gasteiger partial charge in [-0.05, 0) is 20.3 Å². The van der Waals surface area contributed by atoms with Crippen molar-refractivity contribution >= 4 is 11.8 Å². The van der Waals surface area contributed by atoms with Gasteiger partial charge in [0.1, 0.15) is 0 Å². The van der Waals surface area contributed by atoms with E-state index in [2.05, 4.69) is 21.4 Å². The molecule has 6 heteroatoms. The van der Waals surface area contributed by atoms with Gasteiger partial charge in [0.05, 0.1) is 12.1 Å². The summed E-state index contributed by atoms with van der Waals surface area (Å²) in [5.41, 5.74) is -0.153. The van der Waals surface area contributed by atoms with E-state index in [9.17, 15) is 4.79 Å². The molecule has 0 spiro atoms. The fourth-order valence-electron chi connectivity index (χ4n) is 1.29. The summed E-state index contributed by atoms with van der Waals surface area (Å²) in [6, 6.07) is 3.73. The van der Waals surface area contributed by atoms with Crippen LogP contribution in [0.3, 0.4) is 0 Å². The van der Waals surface area contributed by atoms with Crippen LogP contribution in [0.2, 0.25) is 0 Å². The van der Waals surface area contributed by atoms with Gasteiger partial charge < -0.3 is 4.98 Å². The maximum atomic E-state index is 11.0. The SMILES string of the molecule is CC(C)NC(C#N)CCSc1nccc(=O)[nH]1. The number of nitriles is 1. The highest BCUT2D eigenvalue weighted by Crippen LogP contribution is 2.12. The molecule has 0 aliphatic carbocycles. The van der Waals surface area contributed by atoms with Gasteiger partial charge in [-0.3, -0.25) is 10.1 Å². The molecule has 1 aromatic heterocycles. The summed E-state index contributed by atoms with van der Waals surface area (Å²) in [4.78, 5) is 17.7. The lowest BCUT2D eigenvalue weighted by atomic mass is 10.2. The molecule has 1 unspecified atom stereocenters. The second-order valence-corrected chi connectivity index (χ2v) is 4.96. The van der Waals surface area contributed by atoms with Crippen LogP contribution in [0.25, 0.3) is 0 Å². The van der Waals surface area contributed by atoms with E-state index < -0.39 is 0 Å². The number of H-pyrrole nitrogens is 1. The number of aromatic amines is 1. The van der Waals surface area contributed by atoms with Crippen LogP contribution < -0.4 is 10.9 Å².